The third kappa shape index (κ3) is 3.23. The summed E-state index contributed by atoms with van der Waals surface area (Å²) in [6.45, 7) is 6.48. The molecule has 0 saturated carbocycles. The van der Waals surface area contributed by atoms with Gasteiger partial charge in [-0.05, 0) is 63.9 Å². The molecule has 2 fully saturated rings. The number of benzene rings is 1. The minimum Gasteiger partial charge on any atom is -0.494 e. The molecule has 2 aliphatic heterocycles. The van der Waals surface area contributed by atoms with Crippen molar-refractivity contribution in [3.63, 3.8) is 0 Å². The van der Waals surface area contributed by atoms with E-state index < -0.39 is 0 Å². The number of rotatable bonds is 4. The summed E-state index contributed by atoms with van der Waals surface area (Å²) in [6, 6.07) is 8.63. The van der Waals surface area contributed by atoms with E-state index in [-0.39, 0.29) is 5.91 Å². The second-order valence-corrected chi connectivity index (χ2v) is 7.98. The van der Waals surface area contributed by atoms with Crippen LogP contribution in [0.2, 0.25) is 0 Å². The summed E-state index contributed by atoms with van der Waals surface area (Å²) < 4.78 is 5.50. The Labute approximate surface area is 158 Å². The first-order chi connectivity index (χ1) is 12.7. The van der Waals surface area contributed by atoms with Gasteiger partial charge in [0.15, 0.2) is 0 Å². The van der Waals surface area contributed by atoms with Crippen molar-refractivity contribution in [2.24, 2.45) is 0 Å². The fourth-order valence-corrected chi connectivity index (χ4v) is 5.03. The predicted molar refractivity (Wildman–Crippen MR) is 104 cm³/mol. The van der Waals surface area contributed by atoms with Gasteiger partial charge < -0.3 is 15.0 Å². The van der Waals surface area contributed by atoms with E-state index >= 15 is 0 Å². The number of aryl methyl sites for hydroxylation is 1. The number of amides is 1. The number of aromatic nitrogens is 1. The first-order valence-electron chi connectivity index (χ1n) is 9.41. The van der Waals surface area contributed by atoms with E-state index in [1.165, 1.54) is 11.3 Å². The molecule has 5 nitrogen and oxygen atoms in total. The summed E-state index contributed by atoms with van der Waals surface area (Å²) in [6.07, 6.45) is 3.28. The van der Waals surface area contributed by atoms with E-state index in [1.807, 2.05) is 38.1 Å². The molecule has 0 radical (unpaired) electrons. The van der Waals surface area contributed by atoms with Gasteiger partial charge in [0.1, 0.15) is 15.6 Å². The Balaban J connectivity index is 1.59. The Kier molecular flexibility index (Phi) is 4.96. The minimum atomic E-state index is 0.161. The molecule has 2 atom stereocenters. The van der Waals surface area contributed by atoms with E-state index in [0.717, 1.165) is 59.2 Å². The highest BCUT2D eigenvalue weighted by Crippen LogP contribution is 2.34. The van der Waals surface area contributed by atoms with Crippen LogP contribution in [-0.2, 0) is 0 Å². The fraction of sp³-hybridized carbons (Fsp3) is 0.500. The number of hydrogen-bond acceptors (Lipinski definition) is 5. The van der Waals surface area contributed by atoms with Gasteiger partial charge in [-0.25, -0.2) is 4.98 Å². The van der Waals surface area contributed by atoms with Crippen LogP contribution in [0.3, 0.4) is 0 Å². The molecule has 1 amide bonds. The zero-order valence-corrected chi connectivity index (χ0v) is 16.1. The number of ether oxygens (including phenoxy) is 1. The third-order valence-electron chi connectivity index (χ3n) is 5.29. The average Bonchev–Trinajstić information content (AvgIpc) is 3.14. The fourth-order valence-electron chi connectivity index (χ4n) is 4.01. The molecule has 6 heteroatoms. The lowest BCUT2D eigenvalue weighted by Crippen LogP contribution is -2.42. The quantitative estimate of drug-likeness (QED) is 0.894. The van der Waals surface area contributed by atoms with Gasteiger partial charge in [-0.2, -0.15) is 0 Å². The number of hydrogen-bond donors (Lipinski definition) is 1. The number of nitrogens with one attached hydrogen (secondary N) is 1. The molecule has 1 aromatic heterocycles. The van der Waals surface area contributed by atoms with Gasteiger partial charge in [-0.1, -0.05) is 0 Å². The maximum Gasteiger partial charge on any atom is 0.266 e. The van der Waals surface area contributed by atoms with Crippen LogP contribution in [0, 0.1) is 6.92 Å². The second kappa shape index (κ2) is 7.37. The highest BCUT2D eigenvalue weighted by Gasteiger charge is 2.39. The first-order valence-corrected chi connectivity index (χ1v) is 10.2. The predicted octanol–water partition coefficient (Wildman–Crippen LogP) is 3.48. The lowest BCUT2D eigenvalue weighted by Gasteiger charge is -2.27. The number of carbonyl (C=O) groups excluding carboxylic acids is 1. The van der Waals surface area contributed by atoms with Crippen LogP contribution in [-0.4, -0.2) is 47.6 Å². The molecule has 4 rings (SSSR count). The number of thiazole rings is 1. The van der Waals surface area contributed by atoms with E-state index in [2.05, 4.69) is 15.2 Å². The first kappa shape index (κ1) is 17.5. The van der Waals surface area contributed by atoms with Crippen LogP contribution in [0.25, 0.3) is 10.6 Å². The summed E-state index contributed by atoms with van der Waals surface area (Å²) in [7, 11) is 0. The molecule has 1 aromatic carbocycles. The van der Waals surface area contributed by atoms with Crippen molar-refractivity contribution in [3.05, 3.63) is 34.8 Å². The van der Waals surface area contributed by atoms with Gasteiger partial charge in [0.05, 0.1) is 12.3 Å². The average molecular weight is 372 g/mol. The standard InChI is InChI=1S/C20H25N3O2S/c1-3-25-17-8-4-14(5-9-17)19-22-13(2)18(26-19)20(24)23-15-6-7-16(23)12-21-11-10-15/h4-5,8-9,15-16,21H,3,6-7,10-12H2,1-2H3. The largest absolute Gasteiger partial charge is 0.494 e. The highest BCUT2D eigenvalue weighted by atomic mass is 32.1. The Hall–Kier alpha value is -1.92. The van der Waals surface area contributed by atoms with Gasteiger partial charge in [0.2, 0.25) is 0 Å². The lowest BCUT2D eigenvalue weighted by molar-refractivity contribution is 0.0684. The molecule has 2 saturated heterocycles. The van der Waals surface area contributed by atoms with Crippen molar-refractivity contribution < 1.29 is 9.53 Å². The minimum absolute atomic E-state index is 0.161. The van der Waals surface area contributed by atoms with E-state index in [1.54, 1.807) is 0 Å². The molecule has 1 N–H and O–H groups in total. The molecule has 2 unspecified atom stereocenters. The normalized spacial score (nSPS) is 22.3. The molecule has 138 valence electrons. The van der Waals surface area contributed by atoms with Crippen molar-refractivity contribution in [3.8, 4) is 16.3 Å². The topological polar surface area (TPSA) is 54.5 Å². The van der Waals surface area contributed by atoms with Crippen molar-refractivity contribution >= 4 is 17.2 Å². The molecule has 2 aliphatic rings. The van der Waals surface area contributed by atoms with Crippen LogP contribution in [0.4, 0.5) is 0 Å². The monoisotopic (exact) mass is 371 g/mol. The van der Waals surface area contributed by atoms with Crippen molar-refractivity contribution in [1.82, 2.24) is 15.2 Å². The zero-order valence-electron chi connectivity index (χ0n) is 15.3. The van der Waals surface area contributed by atoms with Crippen LogP contribution in [0.15, 0.2) is 24.3 Å². The molecular weight excluding hydrogens is 346 g/mol. The number of carbonyl (C=O) groups is 1. The van der Waals surface area contributed by atoms with E-state index in [4.69, 9.17) is 4.74 Å². The maximum absolute atomic E-state index is 13.3. The molecule has 0 spiro atoms. The summed E-state index contributed by atoms with van der Waals surface area (Å²) in [5.41, 5.74) is 1.86. The Bertz CT molecular complexity index is 773. The number of fused-ring (bicyclic) bond motifs is 2. The number of nitrogens with zero attached hydrogens (tertiary/aromatic N) is 2. The molecule has 26 heavy (non-hydrogen) atoms. The van der Waals surface area contributed by atoms with Crippen molar-refractivity contribution in [2.45, 2.75) is 45.2 Å². The van der Waals surface area contributed by atoms with E-state index in [0.29, 0.717) is 18.7 Å². The second-order valence-electron chi connectivity index (χ2n) is 6.98. The van der Waals surface area contributed by atoms with Gasteiger partial charge >= 0.3 is 0 Å². The van der Waals surface area contributed by atoms with Crippen LogP contribution >= 0.6 is 11.3 Å². The Morgan fingerprint density at radius 2 is 2.04 bits per heavy atom. The van der Waals surface area contributed by atoms with Gasteiger partial charge in [0.25, 0.3) is 5.91 Å². The van der Waals surface area contributed by atoms with Crippen LogP contribution in [0.1, 0.15) is 41.6 Å². The SMILES string of the molecule is CCOc1ccc(-c2nc(C)c(C(=O)N3C4CCNCC3CC4)s2)cc1. The van der Waals surface area contributed by atoms with Gasteiger partial charge in [-0.15, -0.1) is 11.3 Å². The molecular formula is C20H25N3O2S. The highest BCUT2D eigenvalue weighted by molar-refractivity contribution is 7.17. The molecule has 2 bridgehead atoms. The van der Waals surface area contributed by atoms with Gasteiger partial charge in [-0.3, -0.25) is 4.79 Å². The summed E-state index contributed by atoms with van der Waals surface area (Å²) in [5.74, 6) is 1.02. The summed E-state index contributed by atoms with van der Waals surface area (Å²) in [5, 5.41) is 4.36. The van der Waals surface area contributed by atoms with Crippen molar-refractivity contribution in [2.75, 3.05) is 19.7 Å². The van der Waals surface area contributed by atoms with E-state index in [9.17, 15) is 4.79 Å². The third-order valence-corrected chi connectivity index (χ3v) is 6.49. The zero-order chi connectivity index (χ0) is 18.1. The summed E-state index contributed by atoms with van der Waals surface area (Å²) >= 11 is 1.51. The molecule has 0 aliphatic carbocycles. The Morgan fingerprint density at radius 3 is 2.81 bits per heavy atom. The lowest BCUT2D eigenvalue weighted by atomic mass is 10.1. The van der Waals surface area contributed by atoms with Crippen LogP contribution < -0.4 is 10.1 Å². The van der Waals surface area contributed by atoms with Crippen molar-refractivity contribution in [1.29, 1.82) is 0 Å². The smallest absolute Gasteiger partial charge is 0.266 e. The molecule has 2 aromatic rings. The summed E-state index contributed by atoms with van der Waals surface area (Å²) in [4.78, 5) is 20.9. The van der Waals surface area contributed by atoms with Crippen LogP contribution in [0.5, 0.6) is 5.75 Å². The Morgan fingerprint density at radius 1 is 1.27 bits per heavy atom. The molecule has 3 heterocycles. The maximum atomic E-state index is 13.3. The van der Waals surface area contributed by atoms with Gasteiger partial charge in [0, 0.05) is 24.2 Å².